The van der Waals surface area contributed by atoms with Crippen molar-refractivity contribution in [1.82, 2.24) is 10.2 Å². The molecule has 1 saturated heterocycles. The molecule has 0 radical (unpaired) electrons. The number of nitrogens with zero attached hydrogens (tertiary/aromatic N) is 1. The second kappa shape index (κ2) is 8.32. The molecule has 1 aliphatic heterocycles. The second-order valence-corrected chi connectivity index (χ2v) is 7.54. The van der Waals surface area contributed by atoms with E-state index in [-0.39, 0.29) is 11.4 Å². The third kappa shape index (κ3) is 5.54. The number of nitrogens with one attached hydrogen (secondary N) is 1. The van der Waals surface area contributed by atoms with Gasteiger partial charge in [-0.05, 0) is 39.2 Å². The van der Waals surface area contributed by atoms with Gasteiger partial charge in [-0.1, -0.05) is 29.8 Å². The van der Waals surface area contributed by atoms with Crippen molar-refractivity contribution >= 4 is 13.0 Å². The number of rotatable bonds is 8. The van der Waals surface area contributed by atoms with E-state index in [1.54, 1.807) is 4.90 Å². The molecule has 2 atom stereocenters. The number of benzene rings is 1. The number of aryl methyl sites for hydroxylation is 1. The minimum absolute atomic E-state index is 0.107. The molecule has 25 heavy (non-hydrogen) atoms. The minimum Gasteiger partial charge on any atom is -0.426 e. The summed E-state index contributed by atoms with van der Waals surface area (Å²) in [7, 11) is -1.58. The van der Waals surface area contributed by atoms with Crippen molar-refractivity contribution in [2.24, 2.45) is 0 Å². The van der Waals surface area contributed by atoms with E-state index in [1.165, 1.54) is 0 Å². The Morgan fingerprint density at radius 2 is 1.92 bits per heavy atom. The Morgan fingerprint density at radius 3 is 2.44 bits per heavy atom. The van der Waals surface area contributed by atoms with Gasteiger partial charge >= 0.3 is 7.12 Å². The van der Waals surface area contributed by atoms with Crippen LogP contribution >= 0.6 is 0 Å². The molecule has 2 unspecified atom stereocenters. The Morgan fingerprint density at radius 1 is 1.28 bits per heavy atom. The van der Waals surface area contributed by atoms with Crippen LogP contribution < -0.4 is 5.32 Å². The molecular formula is C18H29BN2O4. The van der Waals surface area contributed by atoms with Crippen molar-refractivity contribution in [3.05, 3.63) is 35.4 Å². The average molecular weight is 348 g/mol. The summed E-state index contributed by atoms with van der Waals surface area (Å²) in [5, 5.41) is 32.3. The maximum absolute atomic E-state index is 11.9. The molecule has 7 heteroatoms. The van der Waals surface area contributed by atoms with Gasteiger partial charge in [0.2, 0.25) is 5.91 Å². The van der Waals surface area contributed by atoms with Crippen LogP contribution in [0, 0.1) is 6.92 Å². The third-order valence-corrected chi connectivity index (χ3v) is 4.95. The highest BCUT2D eigenvalue weighted by Gasteiger charge is 2.37. The molecule has 1 aromatic carbocycles. The molecule has 1 aliphatic rings. The molecule has 0 bridgehead atoms. The quantitative estimate of drug-likeness (QED) is 0.408. The molecule has 138 valence electrons. The first-order valence-electron chi connectivity index (χ1n) is 8.85. The van der Waals surface area contributed by atoms with Crippen LogP contribution in [0.2, 0.25) is 0 Å². The van der Waals surface area contributed by atoms with Crippen LogP contribution in [0.25, 0.3) is 0 Å². The Labute approximate surface area is 150 Å². The lowest BCUT2D eigenvalue weighted by Gasteiger charge is -2.33. The summed E-state index contributed by atoms with van der Waals surface area (Å²) >= 11 is 0. The Kier molecular flexibility index (Phi) is 6.62. The number of amides is 1. The van der Waals surface area contributed by atoms with Gasteiger partial charge in [0, 0.05) is 30.9 Å². The zero-order valence-corrected chi connectivity index (χ0v) is 15.3. The number of hydrogen-bond acceptors (Lipinski definition) is 5. The van der Waals surface area contributed by atoms with Gasteiger partial charge < -0.3 is 20.1 Å². The summed E-state index contributed by atoms with van der Waals surface area (Å²) in [6.07, 6.45) is 1.18. The fourth-order valence-electron chi connectivity index (χ4n) is 3.26. The van der Waals surface area contributed by atoms with Crippen molar-refractivity contribution in [3.63, 3.8) is 0 Å². The summed E-state index contributed by atoms with van der Waals surface area (Å²) in [5.41, 5.74) is 1.91. The number of likely N-dealkylation sites (tertiary alicyclic amines) is 1. The summed E-state index contributed by atoms with van der Waals surface area (Å²) in [4.78, 5) is 13.7. The topological polar surface area (TPSA) is 93.0 Å². The van der Waals surface area contributed by atoms with Gasteiger partial charge in [-0.25, -0.2) is 0 Å². The molecule has 1 fully saturated rings. The van der Waals surface area contributed by atoms with Crippen LogP contribution in [0.5, 0.6) is 0 Å². The standard InChI is InChI=1S/C18H29BN2O4/c1-13-4-6-14(7-5-13)12-15(19(24)25)20-16(22)9-11-21-17(23)8-10-18(21,2)3/h4-7,15-16,20,22,24-25H,8-12H2,1-3H3. The number of aliphatic hydroxyl groups excluding tert-OH is 1. The van der Waals surface area contributed by atoms with E-state index in [0.29, 0.717) is 25.8 Å². The molecule has 0 aliphatic carbocycles. The maximum Gasteiger partial charge on any atom is 0.470 e. The Balaban J connectivity index is 1.88. The first-order valence-corrected chi connectivity index (χ1v) is 8.85. The third-order valence-electron chi connectivity index (χ3n) is 4.95. The van der Waals surface area contributed by atoms with Crippen molar-refractivity contribution in [3.8, 4) is 0 Å². The number of hydrogen-bond donors (Lipinski definition) is 4. The van der Waals surface area contributed by atoms with Crippen LogP contribution in [0.1, 0.15) is 44.2 Å². The van der Waals surface area contributed by atoms with Crippen molar-refractivity contribution in [2.45, 2.75) is 64.2 Å². The highest BCUT2D eigenvalue weighted by atomic mass is 16.4. The summed E-state index contributed by atoms with van der Waals surface area (Å²) in [5.74, 6) is -0.574. The first-order chi connectivity index (χ1) is 11.7. The predicted octanol–water partition coefficient (Wildman–Crippen LogP) is 0.617. The van der Waals surface area contributed by atoms with Gasteiger partial charge in [-0.3, -0.25) is 10.1 Å². The van der Waals surface area contributed by atoms with Crippen LogP contribution in [-0.4, -0.2) is 57.3 Å². The normalized spacial score (nSPS) is 19.1. The fourth-order valence-corrected chi connectivity index (χ4v) is 3.26. The monoisotopic (exact) mass is 348 g/mol. The predicted molar refractivity (Wildman–Crippen MR) is 97.6 cm³/mol. The molecule has 1 heterocycles. The maximum atomic E-state index is 11.9. The zero-order valence-electron chi connectivity index (χ0n) is 15.3. The first kappa shape index (κ1) is 19.9. The molecule has 0 saturated carbocycles. The summed E-state index contributed by atoms with van der Waals surface area (Å²) < 4.78 is 0. The van der Waals surface area contributed by atoms with Gasteiger partial charge in [0.15, 0.2) is 0 Å². The van der Waals surface area contributed by atoms with Gasteiger partial charge in [0.25, 0.3) is 0 Å². The fraction of sp³-hybridized carbons (Fsp3) is 0.611. The zero-order chi connectivity index (χ0) is 18.6. The van der Waals surface area contributed by atoms with Crippen LogP contribution in [0.4, 0.5) is 0 Å². The number of carbonyl (C=O) groups is 1. The van der Waals surface area contributed by atoms with Crippen LogP contribution in [0.3, 0.4) is 0 Å². The number of carbonyl (C=O) groups excluding carboxylic acids is 1. The Bertz CT molecular complexity index is 577. The molecular weight excluding hydrogens is 319 g/mol. The van der Waals surface area contributed by atoms with Gasteiger partial charge in [0.1, 0.15) is 6.23 Å². The van der Waals surface area contributed by atoms with Crippen LogP contribution in [0.15, 0.2) is 24.3 Å². The molecule has 6 nitrogen and oxygen atoms in total. The van der Waals surface area contributed by atoms with Gasteiger partial charge in [-0.15, -0.1) is 0 Å². The highest BCUT2D eigenvalue weighted by Crippen LogP contribution is 2.29. The van der Waals surface area contributed by atoms with E-state index in [1.807, 2.05) is 45.0 Å². The van der Waals surface area contributed by atoms with Crippen molar-refractivity contribution < 1.29 is 19.9 Å². The molecule has 1 amide bonds. The average Bonchev–Trinajstić information content (AvgIpc) is 2.80. The molecule has 0 spiro atoms. The van der Waals surface area contributed by atoms with E-state index in [4.69, 9.17) is 0 Å². The van der Waals surface area contributed by atoms with E-state index >= 15 is 0 Å². The second-order valence-electron chi connectivity index (χ2n) is 7.54. The molecule has 0 aromatic heterocycles. The lowest BCUT2D eigenvalue weighted by molar-refractivity contribution is -0.130. The van der Waals surface area contributed by atoms with Gasteiger partial charge in [0.05, 0.1) is 0 Å². The minimum atomic E-state index is -1.58. The Hall–Kier alpha value is -1.41. The number of aliphatic hydroxyl groups is 1. The van der Waals surface area contributed by atoms with E-state index in [9.17, 15) is 19.9 Å². The van der Waals surface area contributed by atoms with Gasteiger partial charge in [-0.2, -0.15) is 0 Å². The van der Waals surface area contributed by atoms with E-state index in [0.717, 1.165) is 17.5 Å². The molecule has 4 N–H and O–H groups in total. The van der Waals surface area contributed by atoms with Crippen LogP contribution in [-0.2, 0) is 11.2 Å². The largest absolute Gasteiger partial charge is 0.470 e. The highest BCUT2D eigenvalue weighted by molar-refractivity contribution is 6.43. The smallest absolute Gasteiger partial charge is 0.426 e. The molecule has 1 aromatic rings. The molecule has 2 rings (SSSR count). The van der Waals surface area contributed by atoms with Crippen molar-refractivity contribution in [1.29, 1.82) is 0 Å². The van der Waals surface area contributed by atoms with Crippen molar-refractivity contribution in [2.75, 3.05) is 6.54 Å². The van der Waals surface area contributed by atoms with E-state index < -0.39 is 19.3 Å². The SMILES string of the molecule is Cc1ccc(CC(NC(O)CCN2C(=O)CCC2(C)C)B(O)O)cc1. The lowest BCUT2D eigenvalue weighted by Crippen LogP contribution is -2.51. The summed E-state index contributed by atoms with van der Waals surface area (Å²) in [6.45, 7) is 6.48. The van der Waals surface area contributed by atoms with E-state index in [2.05, 4.69) is 5.32 Å². The summed E-state index contributed by atoms with van der Waals surface area (Å²) in [6, 6.07) is 7.80. The lowest BCUT2D eigenvalue weighted by atomic mass is 9.75.